The molecule has 1 N–H and O–H groups in total. The molecule has 3 aromatic rings. The van der Waals surface area contributed by atoms with E-state index in [1.165, 1.54) is 11.1 Å². The van der Waals surface area contributed by atoms with Crippen molar-refractivity contribution >= 4 is 11.2 Å². The lowest BCUT2D eigenvalue weighted by Gasteiger charge is -2.03. The molecule has 0 atom stereocenters. The van der Waals surface area contributed by atoms with Crippen molar-refractivity contribution in [2.24, 2.45) is 0 Å². The molecule has 0 unspecified atom stereocenters. The molecule has 0 spiro atoms. The summed E-state index contributed by atoms with van der Waals surface area (Å²) < 4.78 is 5.40. The van der Waals surface area contributed by atoms with Crippen molar-refractivity contribution in [1.82, 2.24) is 15.0 Å². The summed E-state index contributed by atoms with van der Waals surface area (Å²) in [6, 6.07) is 12.3. The molecule has 0 aliphatic carbocycles. The molecule has 0 amide bonds. The van der Waals surface area contributed by atoms with Crippen LogP contribution in [0.4, 0.5) is 0 Å². The fraction of sp³-hybridized carbons (Fsp3) is 0.294. The molecule has 4 nitrogen and oxygen atoms in total. The Morgan fingerprint density at radius 3 is 2.71 bits per heavy atom. The van der Waals surface area contributed by atoms with Gasteiger partial charge in [-0.25, -0.2) is 4.98 Å². The van der Waals surface area contributed by atoms with Crippen LogP contribution in [0.15, 0.2) is 36.4 Å². The minimum absolute atomic E-state index is 0.614. The molecule has 2 aromatic heterocycles. The molecule has 21 heavy (non-hydrogen) atoms. The van der Waals surface area contributed by atoms with Crippen LogP contribution in [0.1, 0.15) is 23.9 Å². The van der Waals surface area contributed by atoms with Gasteiger partial charge in [0.15, 0.2) is 5.65 Å². The van der Waals surface area contributed by atoms with Crippen molar-refractivity contribution in [2.75, 3.05) is 6.61 Å². The maximum atomic E-state index is 5.40. The first-order valence-corrected chi connectivity index (χ1v) is 7.29. The van der Waals surface area contributed by atoms with Crippen molar-refractivity contribution in [3.8, 4) is 5.88 Å². The number of pyridine rings is 1. The molecular weight excluding hydrogens is 262 g/mol. The lowest BCUT2D eigenvalue weighted by molar-refractivity contribution is 0.328. The molecule has 0 aliphatic heterocycles. The second kappa shape index (κ2) is 5.95. The molecule has 0 bridgehead atoms. The summed E-state index contributed by atoms with van der Waals surface area (Å²) in [5.74, 6) is 1.59. The van der Waals surface area contributed by atoms with Crippen LogP contribution in [-0.4, -0.2) is 21.6 Å². The number of hydrogen-bond donors (Lipinski definition) is 1. The highest BCUT2D eigenvalue weighted by atomic mass is 16.5. The maximum absolute atomic E-state index is 5.40. The van der Waals surface area contributed by atoms with Crippen LogP contribution in [0.2, 0.25) is 0 Å². The van der Waals surface area contributed by atoms with Crippen molar-refractivity contribution < 1.29 is 4.74 Å². The van der Waals surface area contributed by atoms with Crippen molar-refractivity contribution in [1.29, 1.82) is 0 Å². The number of hydrogen-bond acceptors (Lipinski definition) is 3. The lowest BCUT2D eigenvalue weighted by Crippen LogP contribution is -1.95. The SMILES string of the molecule is CCOc1ccc2[nH]c(CCc3ccccc3C)nc2n1. The predicted octanol–water partition coefficient (Wildman–Crippen LogP) is 3.45. The Kier molecular flexibility index (Phi) is 3.86. The summed E-state index contributed by atoms with van der Waals surface area (Å²) in [6.45, 7) is 4.71. The largest absolute Gasteiger partial charge is 0.478 e. The lowest BCUT2D eigenvalue weighted by atomic mass is 10.0. The van der Waals surface area contributed by atoms with Gasteiger partial charge in [-0.15, -0.1) is 0 Å². The standard InChI is InChI=1S/C17H19N3O/c1-3-21-16-11-9-14-17(20-16)19-15(18-14)10-8-13-7-5-4-6-12(13)2/h4-7,9,11H,3,8,10H2,1-2H3,(H,18,19,20). The van der Waals surface area contributed by atoms with E-state index in [4.69, 9.17) is 4.74 Å². The third kappa shape index (κ3) is 3.05. The van der Waals surface area contributed by atoms with Crippen molar-refractivity contribution in [2.45, 2.75) is 26.7 Å². The number of imidazole rings is 1. The first-order valence-electron chi connectivity index (χ1n) is 7.29. The van der Waals surface area contributed by atoms with Gasteiger partial charge in [0.1, 0.15) is 5.82 Å². The zero-order valence-corrected chi connectivity index (χ0v) is 12.4. The van der Waals surface area contributed by atoms with Crippen molar-refractivity contribution in [3.05, 3.63) is 53.3 Å². The van der Waals surface area contributed by atoms with Crippen LogP contribution in [0.3, 0.4) is 0 Å². The zero-order valence-electron chi connectivity index (χ0n) is 12.4. The van der Waals surface area contributed by atoms with E-state index in [1.54, 1.807) is 0 Å². The summed E-state index contributed by atoms with van der Waals surface area (Å²) >= 11 is 0. The van der Waals surface area contributed by atoms with E-state index >= 15 is 0 Å². The Bertz CT molecular complexity index is 749. The second-order valence-electron chi connectivity index (χ2n) is 5.06. The Morgan fingerprint density at radius 2 is 1.90 bits per heavy atom. The van der Waals surface area contributed by atoms with E-state index in [2.05, 4.69) is 46.1 Å². The Hall–Kier alpha value is -2.36. The van der Waals surface area contributed by atoms with E-state index in [1.807, 2.05) is 19.1 Å². The molecule has 0 aliphatic rings. The Balaban J connectivity index is 1.77. The number of nitrogens with one attached hydrogen (secondary N) is 1. The van der Waals surface area contributed by atoms with Crippen LogP contribution < -0.4 is 4.74 Å². The van der Waals surface area contributed by atoms with E-state index < -0.39 is 0 Å². The summed E-state index contributed by atoms with van der Waals surface area (Å²) in [7, 11) is 0. The van der Waals surface area contributed by atoms with E-state index in [9.17, 15) is 0 Å². The number of fused-ring (bicyclic) bond motifs is 1. The van der Waals surface area contributed by atoms with Gasteiger partial charge in [0.2, 0.25) is 5.88 Å². The van der Waals surface area contributed by atoms with E-state index in [0.717, 1.165) is 29.8 Å². The highest BCUT2D eigenvalue weighted by Crippen LogP contribution is 2.16. The van der Waals surface area contributed by atoms with Crippen LogP contribution in [0.25, 0.3) is 11.2 Å². The topological polar surface area (TPSA) is 50.8 Å². The number of rotatable bonds is 5. The molecule has 1 aromatic carbocycles. The molecule has 0 saturated carbocycles. The normalized spacial score (nSPS) is 11.0. The first kappa shape index (κ1) is 13.6. The summed E-state index contributed by atoms with van der Waals surface area (Å²) in [5.41, 5.74) is 4.37. The molecule has 0 radical (unpaired) electrons. The van der Waals surface area contributed by atoms with Gasteiger partial charge >= 0.3 is 0 Å². The average Bonchev–Trinajstić information content (AvgIpc) is 2.89. The minimum Gasteiger partial charge on any atom is -0.478 e. The van der Waals surface area contributed by atoms with Gasteiger partial charge in [-0.2, -0.15) is 4.98 Å². The third-order valence-electron chi connectivity index (χ3n) is 3.55. The number of H-pyrrole nitrogens is 1. The predicted molar refractivity (Wildman–Crippen MR) is 83.6 cm³/mol. The molecule has 0 saturated heterocycles. The molecule has 3 rings (SSSR count). The van der Waals surface area contributed by atoms with Gasteiger partial charge in [-0.05, 0) is 37.5 Å². The third-order valence-corrected chi connectivity index (χ3v) is 3.55. The van der Waals surface area contributed by atoms with Gasteiger partial charge in [-0.1, -0.05) is 24.3 Å². The smallest absolute Gasteiger partial charge is 0.215 e. The summed E-state index contributed by atoms with van der Waals surface area (Å²) in [6.07, 6.45) is 1.86. The highest BCUT2D eigenvalue weighted by molar-refractivity contribution is 5.71. The van der Waals surface area contributed by atoms with Crippen LogP contribution in [0.5, 0.6) is 5.88 Å². The number of aromatic nitrogens is 3. The fourth-order valence-electron chi connectivity index (χ4n) is 2.42. The van der Waals surface area contributed by atoms with Crippen molar-refractivity contribution in [3.63, 3.8) is 0 Å². The van der Waals surface area contributed by atoms with Crippen LogP contribution in [-0.2, 0) is 12.8 Å². The minimum atomic E-state index is 0.614. The van der Waals surface area contributed by atoms with Crippen LogP contribution in [0, 0.1) is 6.92 Å². The monoisotopic (exact) mass is 281 g/mol. The van der Waals surface area contributed by atoms with E-state index in [-0.39, 0.29) is 0 Å². The Labute approximate surface area is 124 Å². The van der Waals surface area contributed by atoms with Gasteiger partial charge in [0.05, 0.1) is 12.1 Å². The molecule has 108 valence electrons. The van der Waals surface area contributed by atoms with E-state index in [0.29, 0.717) is 12.5 Å². The van der Waals surface area contributed by atoms with Gasteiger partial charge < -0.3 is 9.72 Å². The Morgan fingerprint density at radius 1 is 1.05 bits per heavy atom. The van der Waals surface area contributed by atoms with Gasteiger partial charge in [0, 0.05) is 12.5 Å². The molecular formula is C17H19N3O. The number of nitrogens with zero attached hydrogens (tertiary/aromatic N) is 2. The molecule has 2 heterocycles. The van der Waals surface area contributed by atoms with Gasteiger partial charge in [0.25, 0.3) is 0 Å². The molecule has 4 heteroatoms. The zero-order chi connectivity index (χ0) is 14.7. The fourth-order valence-corrected chi connectivity index (χ4v) is 2.42. The number of aryl methyl sites for hydroxylation is 3. The van der Waals surface area contributed by atoms with Crippen LogP contribution >= 0.6 is 0 Å². The number of aromatic amines is 1. The molecule has 0 fully saturated rings. The average molecular weight is 281 g/mol. The summed E-state index contributed by atoms with van der Waals surface area (Å²) in [5, 5.41) is 0. The highest BCUT2D eigenvalue weighted by Gasteiger charge is 2.06. The number of benzene rings is 1. The second-order valence-corrected chi connectivity index (χ2v) is 5.06. The summed E-state index contributed by atoms with van der Waals surface area (Å²) in [4.78, 5) is 12.3. The first-order chi connectivity index (χ1) is 10.3. The maximum Gasteiger partial charge on any atom is 0.215 e. The quantitative estimate of drug-likeness (QED) is 0.779. The number of ether oxygens (including phenoxy) is 1. The van der Waals surface area contributed by atoms with Gasteiger partial charge in [-0.3, -0.25) is 0 Å².